The van der Waals surface area contributed by atoms with Crippen molar-refractivity contribution in [2.75, 3.05) is 12.3 Å². The van der Waals surface area contributed by atoms with Crippen LogP contribution in [0, 0.1) is 12.3 Å². The van der Waals surface area contributed by atoms with Crippen molar-refractivity contribution in [3.8, 4) is 18.1 Å². The molecular weight excluding hydrogens is 438 g/mol. The number of aromatic nitrogens is 3. The normalized spacial score (nSPS) is 34.5. The maximum Gasteiger partial charge on any atom is 0.530 e. The quantitative estimate of drug-likeness (QED) is 0.408. The molecule has 1 fully saturated rings. The second-order valence-corrected chi connectivity index (χ2v) is 8.28. The third kappa shape index (κ3) is 3.49. The number of phosphoric acid groups is 1. The Morgan fingerprint density at radius 3 is 2.87 bits per heavy atom. The highest BCUT2D eigenvalue weighted by atomic mass is 31.2. The van der Waals surface area contributed by atoms with Crippen LogP contribution in [0.2, 0.25) is 0 Å². The van der Waals surface area contributed by atoms with Crippen LogP contribution in [0.5, 0.6) is 5.75 Å². The SMILES string of the molecule is C#C[C@@]1(n2ncc(N)nc2=O)O[C@](F)(COP2(=O)OCc3ccccc3O2)[C@@H](O)[C@H]1O. The van der Waals surface area contributed by atoms with Gasteiger partial charge in [0.1, 0.15) is 30.4 Å². The third-order valence-electron chi connectivity index (χ3n) is 4.68. The summed E-state index contributed by atoms with van der Waals surface area (Å²) in [5.41, 5.74) is 2.19. The van der Waals surface area contributed by atoms with Crippen molar-refractivity contribution in [3.05, 3.63) is 46.5 Å². The zero-order chi connectivity index (χ0) is 22.4. The number of terminal acetylenes is 1. The maximum atomic E-state index is 15.5. The number of nitrogens with zero attached hydrogens (tertiary/aromatic N) is 3. The first kappa shape index (κ1) is 21.4. The van der Waals surface area contributed by atoms with Crippen LogP contribution in [0.1, 0.15) is 5.56 Å². The molecule has 2 aliphatic heterocycles. The fourth-order valence-electron chi connectivity index (χ4n) is 3.11. The number of para-hydroxylation sites is 1. The Morgan fingerprint density at radius 2 is 2.16 bits per heavy atom. The lowest BCUT2D eigenvalue weighted by Crippen LogP contribution is -2.51. The van der Waals surface area contributed by atoms with Crippen molar-refractivity contribution in [2.45, 2.75) is 30.4 Å². The number of aliphatic hydroxyl groups is 2. The highest BCUT2D eigenvalue weighted by Gasteiger charge is 2.66. The lowest BCUT2D eigenvalue weighted by atomic mass is 10.0. The molecular formula is C17H16FN4O8P. The van der Waals surface area contributed by atoms with E-state index >= 15 is 4.39 Å². The van der Waals surface area contributed by atoms with Gasteiger partial charge in [-0.15, -0.1) is 6.42 Å². The molecule has 164 valence electrons. The van der Waals surface area contributed by atoms with Crippen LogP contribution in [0.15, 0.2) is 35.3 Å². The maximum absolute atomic E-state index is 15.5. The Bertz CT molecular complexity index is 1170. The van der Waals surface area contributed by atoms with E-state index in [-0.39, 0.29) is 18.2 Å². The molecule has 2 aromatic rings. The fourth-order valence-corrected chi connectivity index (χ4v) is 4.34. The molecule has 3 heterocycles. The minimum Gasteiger partial charge on any atom is -0.404 e. The van der Waals surface area contributed by atoms with E-state index in [2.05, 4.69) is 10.1 Å². The molecule has 0 spiro atoms. The summed E-state index contributed by atoms with van der Waals surface area (Å²) in [5.74, 6) is -1.37. The van der Waals surface area contributed by atoms with E-state index in [1.165, 1.54) is 6.07 Å². The molecule has 14 heteroatoms. The molecule has 0 bridgehead atoms. The summed E-state index contributed by atoms with van der Waals surface area (Å²) in [7, 11) is -4.30. The Kier molecular flexibility index (Phi) is 5.09. The van der Waals surface area contributed by atoms with Crippen LogP contribution in [0.4, 0.5) is 10.2 Å². The molecule has 0 radical (unpaired) electrons. The van der Waals surface area contributed by atoms with Gasteiger partial charge >= 0.3 is 13.5 Å². The first-order chi connectivity index (χ1) is 14.6. The average Bonchev–Trinajstić information content (AvgIpc) is 2.94. The molecule has 12 nitrogen and oxygen atoms in total. The molecule has 1 aromatic carbocycles. The number of ether oxygens (including phenoxy) is 1. The molecule has 5 atom stereocenters. The van der Waals surface area contributed by atoms with Gasteiger partial charge in [0.25, 0.3) is 11.6 Å². The van der Waals surface area contributed by atoms with Crippen LogP contribution in [-0.4, -0.2) is 49.6 Å². The number of halogens is 1. The van der Waals surface area contributed by atoms with Gasteiger partial charge < -0.3 is 20.5 Å². The van der Waals surface area contributed by atoms with Crippen LogP contribution in [0.25, 0.3) is 0 Å². The smallest absolute Gasteiger partial charge is 0.404 e. The molecule has 31 heavy (non-hydrogen) atoms. The Hall–Kier alpha value is -2.85. The summed E-state index contributed by atoms with van der Waals surface area (Å²) >= 11 is 0. The highest BCUT2D eigenvalue weighted by molar-refractivity contribution is 7.49. The van der Waals surface area contributed by atoms with Gasteiger partial charge in [0.15, 0.2) is 0 Å². The first-order valence-electron chi connectivity index (χ1n) is 8.74. The topological polar surface area (TPSA) is 168 Å². The number of rotatable bonds is 4. The molecule has 4 rings (SSSR count). The van der Waals surface area contributed by atoms with Crippen molar-refractivity contribution in [3.63, 3.8) is 0 Å². The minimum absolute atomic E-state index is 0.135. The molecule has 1 unspecified atom stereocenters. The Balaban J connectivity index is 1.59. The van der Waals surface area contributed by atoms with Crippen LogP contribution in [-0.2, 0) is 30.7 Å². The summed E-state index contributed by atoms with van der Waals surface area (Å²) in [6.45, 7) is -1.37. The second-order valence-electron chi connectivity index (χ2n) is 6.69. The Labute approximate surface area is 173 Å². The molecule has 0 amide bonds. The average molecular weight is 454 g/mol. The largest absolute Gasteiger partial charge is 0.530 e. The van der Waals surface area contributed by atoms with Gasteiger partial charge in [0.2, 0.25) is 0 Å². The predicted octanol–water partition coefficient (Wildman–Crippen LogP) is -0.342. The number of phosphoric ester groups is 1. The van der Waals surface area contributed by atoms with Gasteiger partial charge in [-0.25, -0.2) is 13.8 Å². The molecule has 0 aliphatic carbocycles. The summed E-state index contributed by atoms with van der Waals surface area (Å²) in [6.07, 6.45) is 1.78. The lowest BCUT2D eigenvalue weighted by Gasteiger charge is -2.29. The third-order valence-corrected chi connectivity index (χ3v) is 5.99. The first-order valence-corrected chi connectivity index (χ1v) is 10.2. The van der Waals surface area contributed by atoms with E-state index in [1.54, 1.807) is 18.2 Å². The second kappa shape index (κ2) is 7.38. The van der Waals surface area contributed by atoms with Gasteiger partial charge in [-0.1, -0.05) is 18.2 Å². The van der Waals surface area contributed by atoms with Crippen molar-refractivity contribution in [1.82, 2.24) is 14.8 Å². The number of alkyl halides is 1. The standard InChI is InChI=1S/C17H16FN4O8P/c1-2-17(22-15(25)21-12(19)7-20-22)14(24)13(23)16(18,30-17)9-28-31(26)27-8-10-5-3-4-6-11(10)29-31/h1,3-7,13-14,23-24H,8-9H2,(H2,19,21,25)/t13-,14+,16+,17+,31?/m0/s1. The number of anilines is 1. The van der Waals surface area contributed by atoms with E-state index in [4.69, 9.17) is 30.5 Å². The molecule has 4 N–H and O–H groups in total. The van der Waals surface area contributed by atoms with Crippen LogP contribution < -0.4 is 15.9 Å². The van der Waals surface area contributed by atoms with E-state index in [1.807, 2.05) is 5.92 Å². The molecule has 1 aromatic heterocycles. The number of hydrogen-bond acceptors (Lipinski definition) is 11. The molecule has 2 aliphatic rings. The zero-order valence-electron chi connectivity index (χ0n) is 15.6. The predicted molar refractivity (Wildman–Crippen MR) is 99.9 cm³/mol. The van der Waals surface area contributed by atoms with Gasteiger partial charge in [-0.3, -0.25) is 13.8 Å². The van der Waals surface area contributed by atoms with Gasteiger partial charge in [0.05, 0.1) is 12.8 Å². The number of hydrogen-bond donors (Lipinski definition) is 3. The van der Waals surface area contributed by atoms with Gasteiger partial charge in [-0.2, -0.15) is 14.8 Å². The lowest BCUT2D eigenvalue weighted by molar-refractivity contribution is -0.228. The van der Waals surface area contributed by atoms with Crippen molar-refractivity contribution in [1.29, 1.82) is 0 Å². The zero-order valence-corrected chi connectivity index (χ0v) is 16.5. The molecule has 1 saturated heterocycles. The van der Waals surface area contributed by atoms with E-state index < -0.39 is 43.9 Å². The number of nitrogen functional groups attached to an aromatic ring is 1. The van der Waals surface area contributed by atoms with E-state index in [9.17, 15) is 19.6 Å². The van der Waals surface area contributed by atoms with Crippen molar-refractivity contribution >= 4 is 13.6 Å². The number of benzene rings is 1. The summed E-state index contributed by atoms with van der Waals surface area (Å²) in [6, 6.07) is 6.52. The summed E-state index contributed by atoms with van der Waals surface area (Å²) < 4.78 is 48.9. The highest BCUT2D eigenvalue weighted by Crippen LogP contribution is 2.55. The Morgan fingerprint density at radius 1 is 1.42 bits per heavy atom. The molecule has 0 saturated carbocycles. The monoisotopic (exact) mass is 454 g/mol. The van der Waals surface area contributed by atoms with Gasteiger partial charge in [0, 0.05) is 5.56 Å². The number of aliphatic hydroxyl groups excluding tert-OH is 2. The number of nitrogens with two attached hydrogens (primary N) is 1. The van der Waals surface area contributed by atoms with E-state index in [0.717, 1.165) is 6.20 Å². The fraction of sp³-hybridized carbons (Fsp3) is 0.353. The van der Waals surface area contributed by atoms with E-state index in [0.29, 0.717) is 10.2 Å². The summed E-state index contributed by atoms with van der Waals surface area (Å²) in [5, 5.41) is 24.3. The van der Waals surface area contributed by atoms with Crippen LogP contribution in [0.3, 0.4) is 0 Å². The van der Waals surface area contributed by atoms with Crippen molar-refractivity contribution < 1.29 is 37.5 Å². The number of fused-ring (bicyclic) bond motifs is 1. The summed E-state index contributed by atoms with van der Waals surface area (Å²) in [4.78, 5) is 15.5. The van der Waals surface area contributed by atoms with Crippen molar-refractivity contribution in [2.24, 2.45) is 0 Å². The minimum atomic E-state index is -4.30. The van der Waals surface area contributed by atoms with Crippen LogP contribution >= 0.6 is 7.82 Å². The van der Waals surface area contributed by atoms with Gasteiger partial charge in [-0.05, 0) is 12.0 Å².